The second-order valence-electron chi connectivity index (χ2n) is 4.82. The first-order valence-corrected chi connectivity index (χ1v) is 6.75. The third-order valence-electron chi connectivity index (χ3n) is 3.54. The summed E-state index contributed by atoms with van der Waals surface area (Å²) in [5.41, 5.74) is 0. The molecule has 4 heteroatoms. The van der Waals surface area contributed by atoms with Crippen molar-refractivity contribution in [1.82, 2.24) is 0 Å². The van der Waals surface area contributed by atoms with Crippen LogP contribution in [0.15, 0.2) is 9.98 Å². The van der Waals surface area contributed by atoms with Gasteiger partial charge in [-0.25, -0.2) is 9.38 Å². The summed E-state index contributed by atoms with van der Waals surface area (Å²) in [5, 5.41) is 8.58. The van der Waals surface area contributed by atoms with Gasteiger partial charge in [0.15, 0.2) is 6.17 Å². The molecule has 1 saturated carbocycles. The van der Waals surface area contributed by atoms with Crippen LogP contribution >= 0.6 is 0 Å². The Hall–Kier alpha value is -1.24. The van der Waals surface area contributed by atoms with Crippen LogP contribution in [-0.2, 0) is 0 Å². The Kier molecular flexibility index (Phi) is 6.56. The molecule has 1 unspecified atom stereocenters. The normalized spacial score (nSPS) is 27.1. The molecule has 0 aromatic rings. The maximum Gasteiger partial charge on any atom is 0.189 e. The minimum Gasteiger partial charge on any atom is -0.274 e. The molecule has 1 fully saturated rings. The summed E-state index contributed by atoms with van der Waals surface area (Å²) in [5.74, 6) is 1.13. The highest BCUT2D eigenvalue weighted by Crippen LogP contribution is 2.32. The van der Waals surface area contributed by atoms with Crippen molar-refractivity contribution < 1.29 is 4.39 Å². The van der Waals surface area contributed by atoms with Gasteiger partial charge in [-0.1, -0.05) is 13.3 Å². The van der Waals surface area contributed by atoms with Gasteiger partial charge in [-0.2, -0.15) is 5.26 Å². The number of nitriles is 1. The van der Waals surface area contributed by atoms with Gasteiger partial charge in [0.1, 0.15) is 11.9 Å². The van der Waals surface area contributed by atoms with Crippen LogP contribution in [0.2, 0.25) is 0 Å². The van der Waals surface area contributed by atoms with Gasteiger partial charge in [0.25, 0.3) is 0 Å². The highest BCUT2D eigenvalue weighted by molar-refractivity contribution is 5.91. The van der Waals surface area contributed by atoms with Crippen molar-refractivity contribution in [2.45, 2.75) is 51.6 Å². The molecule has 1 atom stereocenters. The Morgan fingerprint density at radius 1 is 1.44 bits per heavy atom. The highest BCUT2D eigenvalue weighted by Gasteiger charge is 2.29. The lowest BCUT2D eigenvalue weighted by Crippen LogP contribution is -2.25. The zero-order valence-electron chi connectivity index (χ0n) is 11.3. The first-order chi connectivity index (χ1) is 8.72. The Morgan fingerprint density at radius 2 is 2.11 bits per heavy atom. The molecule has 1 aliphatic carbocycles. The molecule has 18 heavy (non-hydrogen) atoms. The zero-order chi connectivity index (χ0) is 13.4. The predicted molar refractivity (Wildman–Crippen MR) is 72.7 cm³/mol. The van der Waals surface area contributed by atoms with Gasteiger partial charge in [-0.05, 0) is 32.1 Å². The molecule has 1 rings (SSSR count). The number of nitrogens with zero attached hydrogens (tertiary/aromatic N) is 3. The number of rotatable bonds is 4. The van der Waals surface area contributed by atoms with Gasteiger partial charge in [0, 0.05) is 25.1 Å². The Bertz CT molecular complexity index is 335. The van der Waals surface area contributed by atoms with E-state index in [2.05, 4.69) is 16.9 Å². The molecule has 0 heterocycles. The Morgan fingerprint density at radius 3 is 2.61 bits per heavy atom. The maximum atomic E-state index is 13.3. The third kappa shape index (κ3) is 4.21. The van der Waals surface area contributed by atoms with Crippen LogP contribution in [0.5, 0.6) is 0 Å². The van der Waals surface area contributed by atoms with Crippen LogP contribution in [0.25, 0.3) is 0 Å². The first kappa shape index (κ1) is 14.8. The van der Waals surface area contributed by atoms with Gasteiger partial charge in [-0.3, -0.25) is 4.99 Å². The average molecular weight is 251 g/mol. The second-order valence-corrected chi connectivity index (χ2v) is 4.82. The van der Waals surface area contributed by atoms with Crippen molar-refractivity contribution in [3.63, 3.8) is 0 Å². The van der Waals surface area contributed by atoms with E-state index < -0.39 is 6.17 Å². The molecule has 0 N–H and O–H groups in total. The largest absolute Gasteiger partial charge is 0.274 e. The quantitative estimate of drug-likeness (QED) is 0.556. The number of hydrogen-bond donors (Lipinski definition) is 0. The first-order valence-electron chi connectivity index (χ1n) is 6.75. The van der Waals surface area contributed by atoms with Gasteiger partial charge < -0.3 is 0 Å². The van der Waals surface area contributed by atoms with Gasteiger partial charge in [0.05, 0.1) is 0 Å². The number of aliphatic imine (C=N–C) groups is 2. The maximum absolute atomic E-state index is 13.3. The van der Waals surface area contributed by atoms with Gasteiger partial charge in [0.2, 0.25) is 0 Å². The van der Waals surface area contributed by atoms with Crippen LogP contribution in [0.4, 0.5) is 4.39 Å². The van der Waals surface area contributed by atoms with E-state index in [1.165, 1.54) is 0 Å². The molecule has 0 aliphatic heterocycles. The Balaban J connectivity index is 2.48. The van der Waals surface area contributed by atoms with E-state index >= 15 is 0 Å². The zero-order valence-corrected chi connectivity index (χ0v) is 11.3. The van der Waals surface area contributed by atoms with Crippen molar-refractivity contribution >= 4 is 12.1 Å². The number of halogens is 1. The summed E-state index contributed by atoms with van der Waals surface area (Å²) < 4.78 is 13.3. The van der Waals surface area contributed by atoms with Crippen molar-refractivity contribution in [1.29, 1.82) is 5.26 Å². The molecule has 3 nitrogen and oxygen atoms in total. The number of unbranched alkanes of at least 4 members (excludes halogenated alkanes) is 1. The van der Waals surface area contributed by atoms with E-state index in [0.717, 1.165) is 44.4 Å². The van der Waals surface area contributed by atoms with Crippen LogP contribution in [-0.4, -0.2) is 25.3 Å². The van der Waals surface area contributed by atoms with E-state index in [9.17, 15) is 4.39 Å². The Labute approximate surface area is 109 Å². The third-order valence-corrected chi connectivity index (χ3v) is 3.54. The molecule has 0 saturated heterocycles. The summed E-state index contributed by atoms with van der Waals surface area (Å²) in [4.78, 5) is 8.65. The minimum absolute atomic E-state index is 0.0935. The average Bonchev–Trinajstić information content (AvgIpc) is 2.43. The van der Waals surface area contributed by atoms with E-state index in [1.54, 1.807) is 13.1 Å². The molecular formula is C14H22FN3. The standard InChI is InChI=1S/C14H22FN3/c1-3-4-9-18-14(17-2)12-7-5-11(6-8-12)13(15)10-16/h9,11-13H,3-8H2,1-2H3. The monoisotopic (exact) mass is 251 g/mol. The summed E-state index contributed by atoms with van der Waals surface area (Å²) in [7, 11) is 1.76. The predicted octanol–water partition coefficient (Wildman–Crippen LogP) is 3.55. The van der Waals surface area contributed by atoms with Crippen LogP contribution in [0.1, 0.15) is 45.4 Å². The number of amidine groups is 1. The summed E-state index contributed by atoms with van der Waals surface area (Å²) >= 11 is 0. The smallest absolute Gasteiger partial charge is 0.189 e. The van der Waals surface area contributed by atoms with Crippen molar-refractivity contribution in [2.75, 3.05) is 7.05 Å². The van der Waals surface area contributed by atoms with E-state index in [-0.39, 0.29) is 5.92 Å². The highest BCUT2D eigenvalue weighted by atomic mass is 19.1. The van der Waals surface area contributed by atoms with Crippen LogP contribution < -0.4 is 0 Å². The molecule has 0 aromatic carbocycles. The molecule has 0 spiro atoms. The fourth-order valence-electron chi connectivity index (χ4n) is 2.41. The SMILES string of the molecule is CCCC=NC(=NC)C1CCC(C(F)C#N)CC1. The topological polar surface area (TPSA) is 48.5 Å². The molecular weight excluding hydrogens is 229 g/mol. The molecule has 100 valence electrons. The minimum atomic E-state index is -1.31. The van der Waals surface area contributed by atoms with Gasteiger partial charge in [-0.15, -0.1) is 0 Å². The van der Waals surface area contributed by atoms with E-state index in [1.807, 2.05) is 6.21 Å². The summed E-state index contributed by atoms with van der Waals surface area (Å²) in [6.07, 6.45) is 5.97. The lowest BCUT2D eigenvalue weighted by Gasteiger charge is -2.27. The van der Waals surface area contributed by atoms with Gasteiger partial charge >= 0.3 is 0 Å². The molecule has 0 radical (unpaired) electrons. The molecule has 0 amide bonds. The fraction of sp³-hybridized carbons (Fsp3) is 0.786. The molecule has 0 bridgehead atoms. The van der Waals surface area contributed by atoms with E-state index in [0.29, 0.717) is 5.92 Å². The van der Waals surface area contributed by atoms with Crippen molar-refractivity contribution in [3.05, 3.63) is 0 Å². The van der Waals surface area contributed by atoms with Crippen molar-refractivity contribution in [2.24, 2.45) is 21.8 Å². The lowest BCUT2D eigenvalue weighted by atomic mass is 9.79. The van der Waals surface area contributed by atoms with E-state index in [4.69, 9.17) is 5.26 Å². The fourth-order valence-corrected chi connectivity index (χ4v) is 2.41. The number of alkyl halides is 1. The molecule has 0 aromatic heterocycles. The summed E-state index contributed by atoms with van der Waals surface area (Å²) in [6.45, 7) is 2.11. The van der Waals surface area contributed by atoms with Crippen LogP contribution in [0.3, 0.4) is 0 Å². The molecule has 1 aliphatic rings. The number of hydrogen-bond acceptors (Lipinski definition) is 2. The lowest BCUT2D eigenvalue weighted by molar-refractivity contribution is 0.212. The van der Waals surface area contributed by atoms with Crippen molar-refractivity contribution in [3.8, 4) is 6.07 Å². The van der Waals surface area contributed by atoms with Crippen LogP contribution in [0, 0.1) is 23.2 Å². The second kappa shape index (κ2) is 7.97. The summed E-state index contributed by atoms with van der Waals surface area (Å²) in [6, 6.07) is 1.71.